The molecule has 1 aromatic rings. The number of nitro groups is 1. The summed E-state index contributed by atoms with van der Waals surface area (Å²) in [7, 11) is -3.71. The molecule has 0 unspecified atom stereocenters. The molecular formula is C18H22N2O4S. The second-order valence-corrected chi connectivity index (χ2v) is 8.52. The average Bonchev–Trinajstić information content (AvgIpc) is 2.62. The zero-order chi connectivity index (χ0) is 18.0. The monoisotopic (exact) mass is 362 g/mol. The first-order chi connectivity index (χ1) is 11.9. The second kappa shape index (κ2) is 7.09. The number of allylic oxidation sites excluding steroid dienone is 4. The minimum absolute atomic E-state index is 0.0395. The van der Waals surface area contributed by atoms with Gasteiger partial charge >= 0.3 is 0 Å². The van der Waals surface area contributed by atoms with Gasteiger partial charge in [-0.2, -0.15) is 4.31 Å². The smallest absolute Gasteiger partial charge is 0.258 e. The van der Waals surface area contributed by atoms with E-state index in [0.717, 1.165) is 19.3 Å². The summed E-state index contributed by atoms with van der Waals surface area (Å²) in [4.78, 5) is 10.4. The van der Waals surface area contributed by atoms with E-state index in [9.17, 15) is 18.5 Å². The molecule has 1 aliphatic heterocycles. The Morgan fingerprint density at radius 3 is 2.40 bits per heavy atom. The largest absolute Gasteiger partial charge is 0.270 e. The van der Waals surface area contributed by atoms with Crippen LogP contribution in [0.5, 0.6) is 0 Å². The van der Waals surface area contributed by atoms with Gasteiger partial charge in [0.15, 0.2) is 0 Å². The summed E-state index contributed by atoms with van der Waals surface area (Å²) in [6, 6.07) is 4.00. The van der Waals surface area contributed by atoms with Gasteiger partial charge in [-0.05, 0) is 43.6 Å². The number of aryl methyl sites for hydroxylation is 1. The van der Waals surface area contributed by atoms with Crippen LogP contribution in [0, 0.1) is 28.9 Å². The van der Waals surface area contributed by atoms with Gasteiger partial charge in [-0.25, -0.2) is 8.42 Å². The molecule has 1 aromatic carbocycles. The number of nitrogens with zero attached hydrogens (tertiary/aromatic N) is 2. The molecule has 25 heavy (non-hydrogen) atoms. The van der Waals surface area contributed by atoms with Gasteiger partial charge in [-0.3, -0.25) is 10.1 Å². The molecule has 3 rings (SSSR count). The lowest BCUT2D eigenvalue weighted by molar-refractivity contribution is -0.385. The minimum Gasteiger partial charge on any atom is -0.258 e. The highest BCUT2D eigenvalue weighted by Crippen LogP contribution is 2.32. The summed E-state index contributed by atoms with van der Waals surface area (Å²) in [5, 5.41) is 11.0. The van der Waals surface area contributed by atoms with Gasteiger partial charge < -0.3 is 0 Å². The molecule has 1 fully saturated rings. The van der Waals surface area contributed by atoms with Crippen LogP contribution in [0.1, 0.15) is 24.8 Å². The van der Waals surface area contributed by atoms with Crippen molar-refractivity contribution in [1.82, 2.24) is 4.31 Å². The molecule has 0 bridgehead atoms. The Kier molecular flexibility index (Phi) is 5.06. The van der Waals surface area contributed by atoms with E-state index >= 15 is 0 Å². The summed E-state index contributed by atoms with van der Waals surface area (Å²) < 4.78 is 27.3. The van der Waals surface area contributed by atoms with Crippen molar-refractivity contribution in [1.29, 1.82) is 0 Å². The Labute approximate surface area is 148 Å². The van der Waals surface area contributed by atoms with E-state index in [1.54, 1.807) is 6.92 Å². The first-order valence-electron chi connectivity index (χ1n) is 8.48. The topological polar surface area (TPSA) is 80.5 Å². The fourth-order valence-corrected chi connectivity index (χ4v) is 5.26. The van der Waals surface area contributed by atoms with Gasteiger partial charge in [0.25, 0.3) is 5.69 Å². The second-order valence-electron chi connectivity index (χ2n) is 6.62. The quantitative estimate of drug-likeness (QED) is 0.467. The van der Waals surface area contributed by atoms with Gasteiger partial charge in [-0.1, -0.05) is 30.4 Å². The molecule has 0 aromatic heterocycles. The molecule has 1 aliphatic carbocycles. The third kappa shape index (κ3) is 3.67. The maximum Gasteiger partial charge on any atom is 0.270 e. The van der Waals surface area contributed by atoms with Crippen LogP contribution >= 0.6 is 0 Å². The number of benzene rings is 1. The Balaban J connectivity index is 1.77. The van der Waals surface area contributed by atoms with E-state index in [2.05, 4.69) is 24.3 Å². The molecule has 1 heterocycles. The normalized spacial score (nSPS) is 20.0. The molecule has 0 atom stereocenters. The molecule has 7 heteroatoms. The van der Waals surface area contributed by atoms with Crippen LogP contribution in [0.4, 0.5) is 5.69 Å². The number of piperidine rings is 1. The molecule has 0 saturated carbocycles. The Bertz CT molecular complexity index is 809. The van der Waals surface area contributed by atoms with Crippen LogP contribution in [0.3, 0.4) is 0 Å². The number of sulfonamides is 1. The predicted molar refractivity (Wildman–Crippen MR) is 95.7 cm³/mol. The lowest BCUT2D eigenvalue weighted by atomic mass is 9.83. The Morgan fingerprint density at radius 1 is 1.16 bits per heavy atom. The van der Waals surface area contributed by atoms with E-state index in [1.807, 2.05) is 0 Å². The maximum absolute atomic E-state index is 12.9. The fraction of sp³-hybridized carbons (Fsp3) is 0.444. The van der Waals surface area contributed by atoms with Crippen LogP contribution in [0.25, 0.3) is 0 Å². The SMILES string of the molecule is Cc1ccc([N+](=O)[O-])cc1S(=O)(=O)N1CCC(C2C=CCC=C2)CC1. The summed E-state index contributed by atoms with van der Waals surface area (Å²) in [5.74, 6) is 0.837. The van der Waals surface area contributed by atoms with Crippen molar-refractivity contribution >= 4 is 15.7 Å². The zero-order valence-corrected chi connectivity index (χ0v) is 15.0. The summed E-state index contributed by atoms with van der Waals surface area (Å²) in [6.45, 7) is 2.57. The van der Waals surface area contributed by atoms with E-state index in [4.69, 9.17) is 0 Å². The van der Waals surface area contributed by atoms with Crippen molar-refractivity contribution < 1.29 is 13.3 Å². The number of hydrogen-bond acceptors (Lipinski definition) is 4. The molecule has 0 amide bonds. The number of hydrogen-bond donors (Lipinski definition) is 0. The fourth-order valence-electron chi connectivity index (χ4n) is 3.55. The van der Waals surface area contributed by atoms with E-state index < -0.39 is 14.9 Å². The average molecular weight is 362 g/mol. The van der Waals surface area contributed by atoms with Crippen molar-refractivity contribution in [2.75, 3.05) is 13.1 Å². The molecular weight excluding hydrogens is 340 g/mol. The first-order valence-corrected chi connectivity index (χ1v) is 9.92. The highest BCUT2D eigenvalue weighted by atomic mass is 32.2. The summed E-state index contributed by atoms with van der Waals surface area (Å²) in [6.07, 6.45) is 11.3. The third-order valence-corrected chi connectivity index (χ3v) is 7.07. The minimum atomic E-state index is -3.71. The van der Waals surface area contributed by atoms with Crippen molar-refractivity contribution in [2.24, 2.45) is 11.8 Å². The van der Waals surface area contributed by atoms with Gasteiger partial charge in [-0.15, -0.1) is 0 Å². The number of rotatable bonds is 4. The van der Waals surface area contributed by atoms with Crippen molar-refractivity contribution in [3.05, 3.63) is 58.2 Å². The highest BCUT2D eigenvalue weighted by molar-refractivity contribution is 7.89. The lowest BCUT2D eigenvalue weighted by Crippen LogP contribution is -2.40. The van der Waals surface area contributed by atoms with E-state index in [1.165, 1.54) is 22.5 Å². The molecule has 0 spiro atoms. The van der Waals surface area contributed by atoms with Crippen LogP contribution in [-0.4, -0.2) is 30.7 Å². The van der Waals surface area contributed by atoms with Crippen LogP contribution in [0.15, 0.2) is 47.4 Å². The van der Waals surface area contributed by atoms with Gasteiger partial charge in [0.05, 0.1) is 9.82 Å². The zero-order valence-electron chi connectivity index (χ0n) is 14.2. The number of nitro benzene ring substituents is 1. The standard InChI is InChI=1S/C18H22N2O4S/c1-14-7-8-17(20(21)22)13-18(14)25(23,24)19-11-9-16(10-12-19)15-5-3-2-4-6-15/h3-8,13,15-16H,2,9-12H2,1H3. The molecule has 1 saturated heterocycles. The van der Waals surface area contributed by atoms with Gasteiger partial charge in [0.1, 0.15) is 0 Å². The van der Waals surface area contributed by atoms with E-state index in [0.29, 0.717) is 30.5 Å². The van der Waals surface area contributed by atoms with Crippen molar-refractivity contribution in [3.8, 4) is 0 Å². The Hall–Kier alpha value is -1.99. The van der Waals surface area contributed by atoms with Crippen LogP contribution in [-0.2, 0) is 10.0 Å². The first kappa shape index (κ1) is 17.8. The van der Waals surface area contributed by atoms with Gasteiger partial charge in [0.2, 0.25) is 10.0 Å². The number of non-ortho nitro benzene ring substituents is 1. The van der Waals surface area contributed by atoms with Crippen molar-refractivity contribution in [2.45, 2.75) is 31.1 Å². The molecule has 134 valence electrons. The van der Waals surface area contributed by atoms with E-state index in [-0.39, 0.29) is 10.6 Å². The van der Waals surface area contributed by atoms with Crippen LogP contribution < -0.4 is 0 Å². The molecule has 0 radical (unpaired) electrons. The summed E-state index contributed by atoms with van der Waals surface area (Å²) >= 11 is 0. The lowest BCUT2D eigenvalue weighted by Gasteiger charge is -2.34. The van der Waals surface area contributed by atoms with Crippen molar-refractivity contribution in [3.63, 3.8) is 0 Å². The summed E-state index contributed by atoms with van der Waals surface area (Å²) in [5.41, 5.74) is 0.336. The predicted octanol–water partition coefficient (Wildman–Crippen LogP) is 3.44. The third-order valence-electron chi connectivity index (χ3n) is 5.03. The Morgan fingerprint density at radius 2 is 1.80 bits per heavy atom. The highest BCUT2D eigenvalue weighted by Gasteiger charge is 2.33. The molecule has 2 aliphatic rings. The van der Waals surface area contributed by atoms with Crippen LogP contribution in [0.2, 0.25) is 0 Å². The maximum atomic E-state index is 12.9. The molecule has 0 N–H and O–H groups in total. The van der Waals surface area contributed by atoms with Gasteiger partial charge in [0, 0.05) is 25.2 Å². The molecule has 6 nitrogen and oxygen atoms in total.